The summed E-state index contributed by atoms with van der Waals surface area (Å²) in [5.74, 6) is 0.0902. The predicted molar refractivity (Wildman–Crippen MR) is 142 cm³/mol. The maximum absolute atomic E-state index is 14.6. The third kappa shape index (κ3) is 5.04. The van der Waals surface area contributed by atoms with Gasteiger partial charge in [0.25, 0.3) is 0 Å². The molecule has 2 aromatic carbocycles. The number of sulfonamides is 1. The Kier molecular flexibility index (Phi) is 6.51. The zero-order valence-corrected chi connectivity index (χ0v) is 22.0. The van der Waals surface area contributed by atoms with E-state index in [1.54, 1.807) is 44.5 Å². The summed E-state index contributed by atoms with van der Waals surface area (Å²) in [4.78, 5) is 17.7. The zero-order chi connectivity index (χ0) is 26.4. The number of hydrogen-bond donors (Lipinski definition) is 1. The lowest BCUT2D eigenvalue weighted by Crippen LogP contribution is -2.15. The molecule has 1 heterocycles. The van der Waals surface area contributed by atoms with E-state index in [-0.39, 0.29) is 17.6 Å². The number of hydrogen-bond acceptors (Lipinski definition) is 5. The maximum atomic E-state index is 14.6. The molecule has 0 spiro atoms. The highest BCUT2D eigenvalue weighted by molar-refractivity contribution is 7.92. The van der Waals surface area contributed by atoms with E-state index in [4.69, 9.17) is 9.72 Å². The lowest BCUT2D eigenvalue weighted by Gasteiger charge is -2.26. The Morgan fingerprint density at radius 3 is 2.33 bits per heavy atom. The first kappa shape index (κ1) is 25.6. The molecule has 0 amide bonds. The molecule has 1 aliphatic rings. The molecule has 36 heavy (non-hydrogen) atoms. The SMILES string of the molecule is COc1c(C(C)(C)C)cc(C2=CC(F)=C(C)CC2=O)c2ncc(-c3ccc(NS(C)(=O)=O)cc3)cc12. The first-order valence-electron chi connectivity index (χ1n) is 11.5. The van der Waals surface area contributed by atoms with Crippen LogP contribution >= 0.6 is 0 Å². The normalized spacial score (nSPS) is 14.8. The average Bonchev–Trinajstić information content (AvgIpc) is 2.79. The second-order valence-corrected chi connectivity index (χ2v) is 11.9. The van der Waals surface area contributed by atoms with Crippen LogP contribution in [0.1, 0.15) is 45.2 Å². The van der Waals surface area contributed by atoms with Gasteiger partial charge in [0.1, 0.15) is 11.6 Å². The number of halogens is 1. The van der Waals surface area contributed by atoms with Gasteiger partial charge in [-0.3, -0.25) is 14.5 Å². The van der Waals surface area contributed by atoms with E-state index in [0.29, 0.717) is 39.0 Å². The molecule has 0 atom stereocenters. The molecule has 0 aliphatic heterocycles. The molecule has 0 radical (unpaired) electrons. The van der Waals surface area contributed by atoms with Crippen LogP contribution in [0.25, 0.3) is 27.6 Å². The van der Waals surface area contributed by atoms with Crippen molar-refractivity contribution in [1.82, 2.24) is 4.98 Å². The molecule has 0 saturated carbocycles. The van der Waals surface area contributed by atoms with Crippen LogP contribution in [0.3, 0.4) is 0 Å². The quantitative estimate of drug-likeness (QED) is 0.445. The van der Waals surface area contributed by atoms with Gasteiger partial charge < -0.3 is 4.74 Å². The molecule has 0 fully saturated rings. The minimum absolute atomic E-state index is 0.0298. The number of carbonyl (C=O) groups is 1. The minimum Gasteiger partial charge on any atom is -0.496 e. The van der Waals surface area contributed by atoms with Crippen LogP contribution in [0.15, 0.2) is 60.1 Å². The summed E-state index contributed by atoms with van der Waals surface area (Å²) >= 11 is 0. The molecule has 0 unspecified atom stereocenters. The first-order valence-corrected chi connectivity index (χ1v) is 13.4. The molecule has 1 aromatic heterocycles. The topological polar surface area (TPSA) is 85.4 Å². The summed E-state index contributed by atoms with van der Waals surface area (Å²) in [6, 6.07) is 10.8. The van der Waals surface area contributed by atoms with Crippen molar-refractivity contribution in [3.63, 3.8) is 0 Å². The van der Waals surface area contributed by atoms with E-state index >= 15 is 0 Å². The van der Waals surface area contributed by atoms with Crippen molar-refractivity contribution < 1.29 is 22.3 Å². The van der Waals surface area contributed by atoms with Crippen LogP contribution in [0.2, 0.25) is 0 Å². The fourth-order valence-corrected chi connectivity index (χ4v) is 4.90. The number of allylic oxidation sites excluding steroid dienone is 4. The Labute approximate surface area is 211 Å². The smallest absolute Gasteiger partial charge is 0.229 e. The molecule has 0 bridgehead atoms. The van der Waals surface area contributed by atoms with Crippen molar-refractivity contribution in [2.24, 2.45) is 0 Å². The summed E-state index contributed by atoms with van der Waals surface area (Å²) < 4.78 is 45.9. The van der Waals surface area contributed by atoms with Gasteiger partial charge in [-0.2, -0.15) is 0 Å². The first-order chi connectivity index (χ1) is 16.8. The molecule has 1 N–H and O–H groups in total. The number of carbonyl (C=O) groups excluding carboxylic acids is 1. The van der Waals surface area contributed by atoms with Gasteiger partial charge in [-0.05, 0) is 53.8 Å². The van der Waals surface area contributed by atoms with Gasteiger partial charge in [0, 0.05) is 46.0 Å². The number of ether oxygens (including phenoxy) is 1. The molecule has 4 rings (SSSR count). The lowest BCUT2D eigenvalue weighted by atomic mass is 9.81. The van der Waals surface area contributed by atoms with E-state index in [1.165, 1.54) is 6.08 Å². The number of rotatable bonds is 5. The van der Waals surface area contributed by atoms with Gasteiger partial charge in [-0.15, -0.1) is 0 Å². The summed E-state index contributed by atoms with van der Waals surface area (Å²) in [7, 11) is -1.78. The third-order valence-electron chi connectivity index (χ3n) is 6.15. The number of nitrogens with zero attached hydrogens (tertiary/aromatic N) is 1. The number of Topliss-reactive ketones (excluding diaryl/α,β-unsaturated/α-hetero) is 1. The van der Waals surface area contributed by atoms with E-state index in [1.807, 2.05) is 32.9 Å². The minimum atomic E-state index is -3.38. The van der Waals surface area contributed by atoms with Crippen molar-refractivity contribution in [3.8, 4) is 16.9 Å². The highest BCUT2D eigenvalue weighted by Gasteiger charge is 2.28. The Morgan fingerprint density at radius 1 is 1.08 bits per heavy atom. The number of methoxy groups -OCH3 is 1. The number of ketones is 1. The second-order valence-electron chi connectivity index (χ2n) is 10.1. The number of aromatic nitrogens is 1. The van der Waals surface area contributed by atoms with Crippen molar-refractivity contribution >= 4 is 38.0 Å². The van der Waals surface area contributed by atoms with Crippen LogP contribution in [-0.2, 0) is 20.2 Å². The monoisotopic (exact) mass is 508 g/mol. The molecular weight excluding hydrogens is 479 g/mol. The summed E-state index contributed by atoms with van der Waals surface area (Å²) in [5.41, 5.74) is 4.45. The highest BCUT2D eigenvalue weighted by Crippen LogP contribution is 2.43. The Morgan fingerprint density at radius 2 is 1.75 bits per heavy atom. The Bertz CT molecular complexity index is 1550. The maximum Gasteiger partial charge on any atom is 0.229 e. The number of fused-ring (bicyclic) bond motifs is 1. The van der Waals surface area contributed by atoms with E-state index in [2.05, 4.69) is 4.72 Å². The van der Waals surface area contributed by atoms with Gasteiger partial charge in [0.15, 0.2) is 5.78 Å². The van der Waals surface area contributed by atoms with Crippen molar-refractivity contribution in [1.29, 1.82) is 0 Å². The Balaban J connectivity index is 1.95. The highest BCUT2D eigenvalue weighted by atomic mass is 32.2. The number of benzene rings is 2. The van der Waals surface area contributed by atoms with Crippen molar-refractivity contribution in [2.45, 2.75) is 39.5 Å². The second kappa shape index (κ2) is 9.17. The lowest BCUT2D eigenvalue weighted by molar-refractivity contribution is -0.113. The summed E-state index contributed by atoms with van der Waals surface area (Å²) in [6.07, 6.45) is 4.12. The van der Waals surface area contributed by atoms with Gasteiger partial charge in [0.05, 0.1) is 18.9 Å². The molecule has 3 aromatic rings. The fraction of sp³-hybridized carbons (Fsp3) is 0.286. The van der Waals surface area contributed by atoms with E-state index in [9.17, 15) is 17.6 Å². The van der Waals surface area contributed by atoms with Gasteiger partial charge in [0.2, 0.25) is 10.0 Å². The standard InChI is InChI=1S/C28H29FN2O4S/c1-16-11-25(32)20(14-24(16)29)21-13-23(28(2,3)4)27(35-5)22-12-18(15-30-26(21)22)17-7-9-19(10-8-17)31-36(6,33)34/h7-10,12-15,31H,11H2,1-6H3. The molecular formula is C28H29FN2O4S. The Hall–Kier alpha value is -3.52. The molecule has 1 aliphatic carbocycles. The van der Waals surface area contributed by atoms with Gasteiger partial charge in [-0.25, -0.2) is 12.8 Å². The largest absolute Gasteiger partial charge is 0.496 e. The fourth-order valence-electron chi connectivity index (χ4n) is 4.34. The van der Waals surface area contributed by atoms with Crippen molar-refractivity contribution in [2.75, 3.05) is 18.1 Å². The number of anilines is 1. The van der Waals surface area contributed by atoms with E-state index in [0.717, 1.165) is 22.9 Å². The predicted octanol–water partition coefficient (Wildman–Crippen LogP) is 6.18. The van der Waals surface area contributed by atoms with Gasteiger partial charge in [-0.1, -0.05) is 32.9 Å². The number of nitrogens with one attached hydrogen (secondary N) is 1. The summed E-state index contributed by atoms with van der Waals surface area (Å²) in [5, 5.41) is 0.705. The van der Waals surface area contributed by atoms with Crippen LogP contribution < -0.4 is 9.46 Å². The van der Waals surface area contributed by atoms with E-state index < -0.39 is 15.9 Å². The molecule has 0 saturated heterocycles. The number of pyridine rings is 1. The summed E-state index contributed by atoms with van der Waals surface area (Å²) in [6.45, 7) is 7.77. The van der Waals surface area contributed by atoms with Crippen LogP contribution in [0, 0.1) is 0 Å². The van der Waals surface area contributed by atoms with Crippen LogP contribution in [0.4, 0.5) is 10.1 Å². The third-order valence-corrected chi connectivity index (χ3v) is 6.76. The molecule has 188 valence electrons. The van der Waals surface area contributed by atoms with Crippen molar-refractivity contribution in [3.05, 3.63) is 71.2 Å². The van der Waals surface area contributed by atoms with Crippen LogP contribution in [0.5, 0.6) is 5.75 Å². The average molecular weight is 509 g/mol. The molecule has 6 nitrogen and oxygen atoms in total. The zero-order valence-electron chi connectivity index (χ0n) is 21.2. The van der Waals surface area contributed by atoms with Gasteiger partial charge >= 0.3 is 0 Å². The molecule has 8 heteroatoms. The van der Waals surface area contributed by atoms with Crippen LogP contribution in [-0.4, -0.2) is 32.6 Å².